The molecule has 1 aliphatic heterocycles. The lowest BCUT2D eigenvalue weighted by Crippen LogP contribution is -2.48. The monoisotopic (exact) mass is 264 g/mol. The minimum absolute atomic E-state index is 0.307. The Kier molecular flexibility index (Phi) is 6.10. The third kappa shape index (κ3) is 4.68. The van der Waals surface area contributed by atoms with E-state index in [1.54, 1.807) is 0 Å². The Bertz CT molecular complexity index is 251. The fourth-order valence-corrected chi connectivity index (χ4v) is 3.08. The van der Waals surface area contributed by atoms with Crippen LogP contribution < -0.4 is 5.73 Å². The van der Waals surface area contributed by atoms with Gasteiger partial charge in [0.2, 0.25) is 0 Å². The fourth-order valence-electron chi connectivity index (χ4n) is 2.35. The van der Waals surface area contributed by atoms with Gasteiger partial charge in [-0.1, -0.05) is 13.8 Å². The van der Waals surface area contributed by atoms with Gasteiger partial charge in [-0.25, -0.2) is 0 Å². The molecule has 6 heteroatoms. The van der Waals surface area contributed by atoms with Gasteiger partial charge >= 0.3 is 8.25 Å². The molecule has 0 aliphatic carbocycles. The van der Waals surface area contributed by atoms with E-state index in [1.165, 1.54) is 0 Å². The van der Waals surface area contributed by atoms with Gasteiger partial charge in [-0.3, -0.25) is 4.57 Å². The molecule has 1 rings (SSSR count). The lowest BCUT2D eigenvalue weighted by Gasteiger charge is -2.38. The van der Waals surface area contributed by atoms with Gasteiger partial charge in [0.1, 0.15) is 0 Å². The summed E-state index contributed by atoms with van der Waals surface area (Å²) in [5, 5.41) is 0. The Morgan fingerprint density at radius 1 is 1.41 bits per heavy atom. The van der Waals surface area contributed by atoms with Crippen LogP contribution in [0.1, 0.15) is 39.5 Å². The third-order valence-electron chi connectivity index (χ3n) is 3.74. The van der Waals surface area contributed by atoms with Crippen molar-refractivity contribution in [2.45, 2.75) is 51.2 Å². The van der Waals surface area contributed by atoms with Crippen LogP contribution in [0.2, 0.25) is 0 Å². The summed E-state index contributed by atoms with van der Waals surface area (Å²) in [6.07, 6.45) is 3.50. The van der Waals surface area contributed by atoms with E-state index in [2.05, 4.69) is 4.90 Å². The third-order valence-corrected chi connectivity index (χ3v) is 4.34. The summed E-state index contributed by atoms with van der Waals surface area (Å²) in [7, 11) is -2.88. The summed E-state index contributed by atoms with van der Waals surface area (Å²) >= 11 is 0. The van der Waals surface area contributed by atoms with Crippen molar-refractivity contribution in [3.8, 4) is 0 Å². The number of nitrogens with two attached hydrogens (primary N) is 1. The maximum atomic E-state index is 11.0. The Morgan fingerprint density at radius 3 is 2.35 bits per heavy atom. The van der Waals surface area contributed by atoms with Crippen LogP contribution in [0.5, 0.6) is 0 Å². The van der Waals surface area contributed by atoms with Gasteiger partial charge in [0.15, 0.2) is 0 Å². The van der Waals surface area contributed by atoms with Crippen LogP contribution in [0.4, 0.5) is 0 Å². The predicted octanol–water partition coefficient (Wildman–Crippen LogP) is 1.37. The molecule has 3 N–H and O–H groups in total. The number of hydrogen-bond acceptors (Lipinski definition) is 4. The highest BCUT2D eigenvalue weighted by Gasteiger charge is 2.32. The highest BCUT2D eigenvalue weighted by molar-refractivity contribution is 7.32. The Morgan fingerprint density at radius 2 is 1.94 bits per heavy atom. The van der Waals surface area contributed by atoms with Gasteiger partial charge in [-0.05, 0) is 38.8 Å². The zero-order valence-corrected chi connectivity index (χ0v) is 11.8. The number of piperidine rings is 1. The van der Waals surface area contributed by atoms with Crippen molar-refractivity contribution in [2.24, 2.45) is 5.73 Å². The molecule has 1 saturated heterocycles. The second-order valence-corrected chi connectivity index (χ2v) is 5.61. The van der Waals surface area contributed by atoms with Crippen LogP contribution in [0, 0.1) is 0 Å². The van der Waals surface area contributed by atoms with Gasteiger partial charge in [0, 0.05) is 12.6 Å². The normalized spacial score (nSPS) is 21.6. The molecule has 1 aliphatic rings. The molecule has 5 nitrogen and oxygen atoms in total. The van der Waals surface area contributed by atoms with Crippen molar-refractivity contribution in [3.63, 3.8) is 0 Å². The predicted molar refractivity (Wildman–Crippen MR) is 69.3 cm³/mol. The van der Waals surface area contributed by atoms with Crippen LogP contribution in [-0.4, -0.2) is 41.1 Å². The average Bonchev–Trinajstić information content (AvgIpc) is 2.30. The second-order valence-electron chi connectivity index (χ2n) is 4.87. The molecule has 0 spiro atoms. The summed E-state index contributed by atoms with van der Waals surface area (Å²) in [4.78, 5) is 11.3. The summed E-state index contributed by atoms with van der Waals surface area (Å²) in [6.45, 7) is 6.65. The smallest absolute Gasteiger partial charge is 0.317 e. The number of likely N-dealkylation sites (tertiary alicyclic amines) is 1. The fraction of sp³-hybridized carbons (Fsp3) is 1.00. The van der Waals surface area contributed by atoms with Crippen LogP contribution in [0.3, 0.4) is 0 Å². The van der Waals surface area contributed by atoms with E-state index < -0.39 is 13.9 Å². The Labute approximate surface area is 104 Å². The Balaban J connectivity index is 2.56. The van der Waals surface area contributed by atoms with Crippen LogP contribution in [0.15, 0.2) is 0 Å². The molecule has 1 heterocycles. The first-order chi connectivity index (χ1) is 8.01. The SMILES string of the molecule is CCC(CC)(CN1CCC(N)CC1)O[PH](=O)O. The molecule has 0 aromatic carbocycles. The zero-order chi connectivity index (χ0) is 12.9. The second kappa shape index (κ2) is 6.86. The molecule has 102 valence electrons. The van der Waals surface area contributed by atoms with Gasteiger partial charge in [-0.15, -0.1) is 0 Å². The van der Waals surface area contributed by atoms with Gasteiger partial charge < -0.3 is 20.1 Å². The molecule has 0 aromatic heterocycles. The number of hydrogen-bond donors (Lipinski definition) is 2. The zero-order valence-electron chi connectivity index (χ0n) is 10.8. The summed E-state index contributed by atoms with van der Waals surface area (Å²) in [5.74, 6) is 0. The van der Waals surface area contributed by atoms with Gasteiger partial charge in [0.25, 0.3) is 0 Å². The Hall–Kier alpha value is 0.0700. The first kappa shape index (κ1) is 15.1. The minimum Gasteiger partial charge on any atom is -0.328 e. The topological polar surface area (TPSA) is 75.8 Å². The van der Waals surface area contributed by atoms with Gasteiger partial charge in [-0.2, -0.15) is 0 Å². The van der Waals surface area contributed by atoms with Crippen LogP contribution >= 0.6 is 8.25 Å². The van der Waals surface area contributed by atoms with Crippen LogP contribution in [-0.2, 0) is 9.09 Å². The maximum absolute atomic E-state index is 11.0. The van der Waals surface area contributed by atoms with E-state index >= 15 is 0 Å². The van der Waals surface area contributed by atoms with Crippen molar-refractivity contribution in [1.82, 2.24) is 4.90 Å². The van der Waals surface area contributed by atoms with Crippen molar-refractivity contribution in [3.05, 3.63) is 0 Å². The highest BCUT2D eigenvalue weighted by atomic mass is 31.1. The molecule has 1 atom stereocenters. The molecule has 1 unspecified atom stereocenters. The van der Waals surface area contributed by atoms with Crippen molar-refractivity contribution in [1.29, 1.82) is 0 Å². The molecule has 0 amide bonds. The quantitative estimate of drug-likeness (QED) is 0.709. The van der Waals surface area contributed by atoms with E-state index in [9.17, 15) is 4.57 Å². The van der Waals surface area contributed by atoms with E-state index in [4.69, 9.17) is 15.2 Å². The summed E-state index contributed by atoms with van der Waals surface area (Å²) < 4.78 is 16.2. The minimum atomic E-state index is -2.88. The lowest BCUT2D eigenvalue weighted by molar-refractivity contribution is 0.0115. The van der Waals surface area contributed by atoms with Gasteiger partial charge in [0.05, 0.1) is 5.60 Å². The van der Waals surface area contributed by atoms with E-state index in [0.29, 0.717) is 6.04 Å². The van der Waals surface area contributed by atoms with E-state index in [-0.39, 0.29) is 0 Å². The van der Waals surface area contributed by atoms with E-state index in [0.717, 1.165) is 45.3 Å². The molecule has 0 aromatic rings. The lowest BCUT2D eigenvalue weighted by atomic mass is 9.95. The average molecular weight is 264 g/mol. The summed E-state index contributed by atoms with van der Waals surface area (Å²) in [5.41, 5.74) is 5.38. The maximum Gasteiger partial charge on any atom is 0.317 e. The highest BCUT2D eigenvalue weighted by Crippen LogP contribution is 2.33. The molecule has 0 bridgehead atoms. The molecule has 1 fully saturated rings. The first-order valence-electron chi connectivity index (χ1n) is 6.41. The standard InChI is InChI=1S/C11H25N2O3P/c1-3-11(4-2,16-17(14)15)9-13-7-5-10(12)6-8-13/h10,17H,3-9,12H2,1-2H3,(H,14,15). The number of nitrogens with zero attached hydrogens (tertiary/aromatic N) is 1. The van der Waals surface area contributed by atoms with E-state index in [1.807, 2.05) is 13.8 Å². The van der Waals surface area contributed by atoms with Crippen molar-refractivity contribution < 1.29 is 14.0 Å². The first-order valence-corrected chi connectivity index (χ1v) is 7.67. The molecular weight excluding hydrogens is 239 g/mol. The molecule has 0 radical (unpaired) electrons. The molecule has 17 heavy (non-hydrogen) atoms. The van der Waals surface area contributed by atoms with Crippen molar-refractivity contribution >= 4 is 8.25 Å². The summed E-state index contributed by atoms with van der Waals surface area (Å²) in [6, 6.07) is 0.307. The number of rotatable bonds is 6. The van der Waals surface area contributed by atoms with Crippen molar-refractivity contribution in [2.75, 3.05) is 19.6 Å². The van der Waals surface area contributed by atoms with Crippen LogP contribution in [0.25, 0.3) is 0 Å². The largest absolute Gasteiger partial charge is 0.328 e. The molecular formula is C11H25N2O3P. The molecule has 0 saturated carbocycles.